The summed E-state index contributed by atoms with van der Waals surface area (Å²) in [5.74, 6) is 0. The van der Waals surface area contributed by atoms with E-state index in [0.29, 0.717) is 0 Å². The maximum atomic E-state index is 4.34. The Kier molecular flexibility index (Phi) is 2.73. The standard InChI is InChI=1S/C15H15N3/c1-18-9-8-15(17-18)11-16-14-7-6-12-4-2-3-5-13(12)10-14/h2-10,16H,11H2,1H3. The van der Waals surface area contributed by atoms with Crippen molar-refractivity contribution in [1.29, 1.82) is 0 Å². The molecular formula is C15H15N3. The summed E-state index contributed by atoms with van der Waals surface area (Å²) >= 11 is 0. The molecule has 3 rings (SSSR count). The number of benzene rings is 2. The van der Waals surface area contributed by atoms with Crippen LogP contribution in [0.3, 0.4) is 0 Å². The molecule has 0 fully saturated rings. The van der Waals surface area contributed by atoms with Crippen molar-refractivity contribution in [3.8, 4) is 0 Å². The minimum atomic E-state index is 0.749. The van der Waals surface area contributed by atoms with E-state index >= 15 is 0 Å². The van der Waals surface area contributed by atoms with Gasteiger partial charge in [-0.05, 0) is 29.0 Å². The molecule has 0 aliphatic heterocycles. The van der Waals surface area contributed by atoms with E-state index in [1.165, 1.54) is 10.8 Å². The van der Waals surface area contributed by atoms with E-state index in [2.05, 4.69) is 52.9 Å². The molecule has 1 N–H and O–H groups in total. The molecule has 0 radical (unpaired) electrons. The second-order valence-corrected chi connectivity index (χ2v) is 4.40. The van der Waals surface area contributed by atoms with E-state index in [1.807, 2.05) is 24.0 Å². The summed E-state index contributed by atoms with van der Waals surface area (Å²) in [5, 5.41) is 10.3. The largest absolute Gasteiger partial charge is 0.379 e. The Morgan fingerprint density at radius 3 is 2.67 bits per heavy atom. The third-order valence-electron chi connectivity index (χ3n) is 2.99. The highest BCUT2D eigenvalue weighted by molar-refractivity contribution is 5.85. The zero-order valence-electron chi connectivity index (χ0n) is 10.3. The van der Waals surface area contributed by atoms with Gasteiger partial charge >= 0.3 is 0 Å². The van der Waals surface area contributed by atoms with Gasteiger partial charge in [0.1, 0.15) is 0 Å². The normalized spacial score (nSPS) is 10.7. The maximum absolute atomic E-state index is 4.34. The van der Waals surface area contributed by atoms with Crippen molar-refractivity contribution in [2.45, 2.75) is 6.54 Å². The summed E-state index contributed by atoms with van der Waals surface area (Å²) in [6, 6.07) is 16.8. The Morgan fingerprint density at radius 1 is 1.06 bits per heavy atom. The number of fused-ring (bicyclic) bond motifs is 1. The molecule has 0 saturated heterocycles. The van der Waals surface area contributed by atoms with Gasteiger partial charge in [-0.1, -0.05) is 30.3 Å². The quantitative estimate of drug-likeness (QED) is 0.758. The first-order chi connectivity index (χ1) is 8.81. The first-order valence-corrected chi connectivity index (χ1v) is 6.02. The van der Waals surface area contributed by atoms with Gasteiger partial charge in [0.15, 0.2) is 0 Å². The summed E-state index contributed by atoms with van der Waals surface area (Å²) in [5.41, 5.74) is 2.17. The Morgan fingerprint density at radius 2 is 1.89 bits per heavy atom. The highest BCUT2D eigenvalue weighted by Gasteiger charge is 1.98. The van der Waals surface area contributed by atoms with E-state index in [1.54, 1.807) is 0 Å². The number of hydrogen-bond donors (Lipinski definition) is 1. The molecule has 90 valence electrons. The van der Waals surface area contributed by atoms with Crippen LogP contribution in [-0.2, 0) is 13.6 Å². The van der Waals surface area contributed by atoms with E-state index in [-0.39, 0.29) is 0 Å². The first-order valence-electron chi connectivity index (χ1n) is 6.02. The van der Waals surface area contributed by atoms with E-state index in [9.17, 15) is 0 Å². The molecule has 0 aliphatic carbocycles. The number of rotatable bonds is 3. The van der Waals surface area contributed by atoms with Crippen LogP contribution in [0.2, 0.25) is 0 Å². The minimum absolute atomic E-state index is 0.749. The molecule has 18 heavy (non-hydrogen) atoms. The zero-order valence-corrected chi connectivity index (χ0v) is 10.3. The lowest BCUT2D eigenvalue weighted by molar-refractivity contribution is 0.747. The fourth-order valence-electron chi connectivity index (χ4n) is 2.05. The summed E-state index contributed by atoms with van der Waals surface area (Å²) in [4.78, 5) is 0. The summed E-state index contributed by atoms with van der Waals surface area (Å²) in [7, 11) is 1.93. The predicted molar refractivity (Wildman–Crippen MR) is 74.5 cm³/mol. The van der Waals surface area contributed by atoms with Crippen LogP contribution >= 0.6 is 0 Å². The number of hydrogen-bond acceptors (Lipinski definition) is 2. The molecule has 0 spiro atoms. The molecule has 0 bridgehead atoms. The van der Waals surface area contributed by atoms with Crippen LogP contribution < -0.4 is 5.32 Å². The molecule has 0 aliphatic rings. The van der Waals surface area contributed by atoms with Crippen molar-refractivity contribution in [2.24, 2.45) is 7.05 Å². The zero-order chi connectivity index (χ0) is 12.4. The fraction of sp³-hybridized carbons (Fsp3) is 0.133. The van der Waals surface area contributed by atoms with Crippen LogP contribution in [0.5, 0.6) is 0 Å². The lowest BCUT2D eigenvalue weighted by Gasteiger charge is -2.06. The van der Waals surface area contributed by atoms with Crippen LogP contribution in [0.15, 0.2) is 54.7 Å². The Balaban J connectivity index is 1.78. The average molecular weight is 237 g/mol. The molecule has 3 aromatic rings. The molecule has 1 aromatic heterocycles. The molecule has 2 aromatic carbocycles. The smallest absolute Gasteiger partial charge is 0.0815 e. The third-order valence-corrected chi connectivity index (χ3v) is 2.99. The van der Waals surface area contributed by atoms with Crippen LogP contribution in [0.1, 0.15) is 5.69 Å². The van der Waals surface area contributed by atoms with Gasteiger partial charge in [0, 0.05) is 18.9 Å². The highest BCUT2D eigenvalue weighted by atomic mass is 15.3. The topological polar surface area (TPSA) is 29.9 Å². The van der Waals surface area contributed by atoms with Gasteiger partial charge in [-0.2, -0.15) is 5.10 Å². The SMILES string of the molecule is Cn1ccc(CNc2ccc3ccccc3c2)n1. The Hall–Kier alpha value is -2.29. The van der Waals surface area contributed by atoms with Crippen molar-refractivity contribution >= 4 is 16.5 Å². The van der Waals surface area contributed by atoms with Gasteiger partial charge in [0.25, 0.3) is 0 Å². The summed E-state index contributed by atoms with van der Waals surface area (Å²) in [6.45, 7) is 0.749. The highest BCUT2D eigenvalue weighted by Crippen LogP contribution is 2.19. The van der Waals surface area contributed by atoms with Gasteiger partial charge in [0.2, 0.25) is 0 Å². The molecular weight excluding hydrogens is 222 g/mol. The van der Waals surface area contributed by atoms with E-state index in [4.69, 9.17) is 0 Å². The third kappa shape index (κ3) is 2.20. The van der Waals surface area contributed by atoms with Gasteiger partial charge in [-0.25, -0.2) is 0 Å². The molecule has 1 heterocycles. The van der Waals surface area contributed by atoms with Crippen LogP contribution in [-0.4, -0.2) is 9.78 Å². The van der Waals surface area contributed by atoms with Crippen molar-refractivity contribution in [1.82, 2.24) is 9.78 Å². The van der Waals surface area contributed by atoms with Crippen molar-refractivity contribution in [2.75, 3.05) is 5.32 Å². The first kappa shape index (κ1) is 10.8. The Labute approximate surface area is 106 Å². The van der Waals surface area contributed by atoms with Crippen molar-refractivity contribution in [3.05, 3.63) is 60.4 Å². The molecule has 0 saturated carbocycles. The van der Waals surface area contributed by atoms with Crippen molar-refractivity contribution in [3.63, 3.8) is 0 Å². The number of aryl methyl sites for hydroxylation is 1. The van der Waals surface area contributed by atoms with Crippen LogP contribution in [0, 0.1) is 0 Å². The van der Waals surface area contributed by atoms with Gasteiger partial charge in [-0.3, -0.25) is 4.68 Å². The van der Waals surface area contributed by atoms with Crippen molar-refractivity contribution < 1.29 is 0 Å². The van der Waals surface area contributed by atoms with Gasteiger partial charge < -0.3 is 5.32 Å². The number of nitrogens with one attached hydrogen (secondary N) is 1. The molecule has 0 amide bonds. The van der Waals surface area contributed by atoms with E-state index < -0.39 is 0 Å². The maximum Gasteiger partial charge on any atom is 0.0815 e. The number of anilines is 1. The van der Waals surface area contributed by atoms with Gasteiger partial charge in [-0.15, -0.1) is 0 Å². The lowest BCUT2D eigenvalue weighted by Crippen LogP contribution is -2.00. The van der Waals surface area contributed by atoms with Gasteiger partial charge in [0.05, 0.1) is 12.2 Å². The summed E-state index contributed by atoms with van der Waals surface area (Å²) < 4.78 is 1.82. The second-order valence-electron chi connectivity index (χ2n) is 4.40. The second kappa shape index (κ2) is 4.53. The monoisotopic (exact) mass is 237 g/mol. The van der Waals surface area contributed by atoms with Crippen LogP contribution in [0.25, 0.3) is 10.8 Å². The van der Waals surface area contributed by atoms with E-state index in [0.717, 1.165) is 17.9 Å². The number of nitrogens with zero attached hydrogens (tertiary/aromatic N) is 2. The molecule has 0 unspecified atom stereocenters. The average Bonchev–Trinajstić information content (AvgIpc) is 2.82. The summed E-state index contributed by atoms with van der Waals surface area (Å²) in [6.07, 6.45) is 1.96. The predicted octanol–water partition coefficient (Wildman–Crippen LogP) is 3.19. The molecule has 0 atom stereocenters. The molecule has 3 nitrogen and oxygen atoms in total. The number of aromatic nitrogens is 2. The Bertz CT molecular complexity index is 670. The lowest BCUT2D eigenvalue weighted by atomic mass is 10.1. The molecule has 3 heteroatoms. The van der Waals surface area contributed by atoms with Crippen LogP contribution in [0.4, 0.5) is 5.69 Å². The minimum Gasteiger partial charge on any atom is -0.379 e. The fourth-order valence-corrected chi connectivity index (χ4v) is 2.05.